The van der Waals surface area contributed by atoms with Crippen molar-refractivity contribution in [3.05, 3.63) is 50.2 Å². The van der Waals surface area contributed by atoms with Gasteiger partial charge in [-0.15, -0.1) is 0 Å². The molecule has 0 aliphatic heterocycles. The Hall–Kier alpha value is -1.36. The lowest BCUT2D eigenvalue weighted by atomic mass is 10.2. The molecular weight excluding hydrogens is 272 g/mol. The van der Waals surface area contributed by atoms with Crippen LogP contribution in [0.3, 0.4) is 0 Å². The first-order valence-electron chi connectivity index (χ1n) is 4.85. The maximum Gasteiger partial charge on any atom is 0.250 e. The first-order valence-corrected chi connectivity index (χ1v) is 5.65. The lowest BCUT2D eigenvalue weighted by Crippen LogP contribution is -2.19. The number of aryl methyl sites for hydroxylation is 2. The third-order valence-electron chi connectivity index (χ3n) is 2.46. The van der Waals surface area contributed by atoms with Crippen LogP contribution in [0, 0.1) is 13.8 Å². The number of hydrogen-bond donors (Lipinski definition) is 0. The zero-order chi connectivity index (χ0) is 11.7. The highest BCUT2D eigenvalue weighted by Crippen LogP contribution is 2.14. The van der Waals surface area contributed by atoms with E-state index in [1.54, 1.807) is 16.8 Å². The van der Waals surface area contributed by atoms with Crippen LogP contribution in [0.1, 0.15) is 17.0 Å². The van der Waals surface area contributed by atoms with Gasteiger partial charge in [-0.3, -0.25) is 4.79 Å². The van der Waals surface area contributed by atoms with Crippen LogP contribution in [0.4, 0.5) is 0 Å². The summed E-state index contributed by atoms with van der Waals surface area (Å²) >= 11 is 3.34. The lowest BCUT2D eigenvalue weighted by molar-refractivity contribution is 0.392. The molecule has 0 N–H and O–H groups in total. The highest BCUT2D eigenvalue weighted by atomic mass is 79.9. The molecule has 0 spiro atoms. The number of hydrogen-bond acceptors (Lipinski definition) is 3. The third-order valence-corrected chi connectivity index (χ3v) is 2.93. The normalized spacial score (nSPS) is 10.7. The Bertz CT molecular complexity index is 552. The molecular formula is C11H11BrN2O2. The number of aromatic nitrogens is 2. The van der Waals surface area contributed by atoms with Crippen LogP contribution >= 0.6 is 15.9 Å². The van der Waals surface area contributed by atoms with E-state index in [2.05, 4.69) is 21.1 Å². The smallest absolute Gasteiger partial charge is 0.250 e. The van der Waals surface area contributed by atoms with E-state index in [0.29, 0.717) is 6.54 Å². The molecule has 0 amide bonds. The van der Waals surface area contributed by atoms with Crippen LogP contribution in [-0.4, -0.2) is 9.72 Å². The molecule has 2 heterocycles. The molecule has 0 aromatic carbocycles. The average Bonchev–Trinajstić information content (AvgIpc) is 2.55. The van der Waals surface area contributed by atoms with E-state index in [0.717, 1.165) is 21.5 Å². The van der Waals surface area contributed by atoms with Gasteiger partial charge in [0.15, 0.2) is 0 Å². The standard InChI is InChI=1S/C11H11BrN2O2/c1-7-10(8(2)16-13-7)6-14-5-9(12)3-4-11(14)15/h3-5H,6H2,1-2H3. The van der Waals surface area contributed by atoms with Crippen molar-refractivity contribution in [3.63, 3.8) is 0 Å². The second kappa shape index (κ2) is 4.25. The Morgan fingerprint density at radius 1 is 1.44 bits per heavy atom. The third kappa shape index (κ3) is 2.09. The number of nitrogens with zero attached hydrogens (tertiary/aromatic N) is 2. The molecule has 2 aromatic heterocycles. The van der Waals surface area contributed by atoms with E-state index in [9.17, 15) is 4.79 Å². The summed E-state index contributed by atoms with van der Waals surface area (Å²) < 4.78 is 7.56. The summed E-state index contributed by atoms with van der Waals surface area (Å²) in [4.78, 5) is 11.6. The summed E-state index contributed by atoms with van der Waals surface area (Å²) in [5, 5.41) is 3.86. The SMILES string of the molecule is Cc1noc(C)c1Cn1cc(Br)ccc1=O. The largest absolute Gasteiger partial charge is 0.361 e. The molecule has 0 saturated carbocycles. The fourth-order valence-corrected chi connectivity index (χ4v) is 1.90. The zero-order valence-electron chi connectivity index (χ0n) is 9.03. The van der Waals surface area contributed by atoms with Crippen LogP contribution in [0.25, 0.3) is 0 Å². The Balaban J connectivity index is 2.41. The van der Waals surface area contributed by atoms with E-state index in [-0.39, 0.29) is 5.56 Å². The number of rotatable bonds is 2. The Labute approximate surface area is 101 Å². The van der Waals surface area contributed by atoms with Gasteiger partial charge in [-0.25, -0.2) is 0 Å². The predicted molar refractivity (Wildman–Crippen MR) is 63.5 cm³/mol. The predicted octanol–water partition coefficient (Wildman–Crippen LogP) is 2.26. The van der Waals surface area contributed by atoms with Crippen molar-refractivity contribution in [2.75, 3.05) is 0 Å². The summed E-state index contributed by atoms with van der Waals surface area (Å²) in [6, 6.07) is 3.26. The van der Waals surface area contributed by atoms with E-state index in [4.69, 9.17) is 4.52 Å². The molecule has 0 radical (unpaired) electrons. The van der Waals surface area contributed by atoms with Crippen LogP contribution in [0.15, 0.2) is 32.1 Å². The van der Waals surface area contributed by atoms with Gasteiger partial charge in [0.25, 0.3) is 5.56 Å². The second-order valence-electron chi connectivity index (χ2n) is 3.62. The summed E-state index contributed by atoms with van der Waals surface area (Å²) in [6.07, 6.45) is 1.76. The molecule has 84 valence electrons. The van der Waals surface area contributed by atoms with Crippen molar-refractivity contribution < 1.29 is 4.52 Å². The quantitative estimate of drug-likeness (QED) is 0.849. The van der Waals surface area contributed by atoms with Crippen molar-refractivity contribution in [1.82, 2.24) is 9.72 Å². The Kier molecular flexibility index (Phi) is 2.96. The molecule has 2 aromatic rings. The van der Waals surface area contributed by atoms with Crippen LogP contribution in [-0.2, 0) is 6.54 Å². The van der Waals surface area contributed by atoms with Gasteiger partial charge in [0.2, 0.25) is 0 Å². The van der Waals surface area contributed by atoms with Crippen LogP contribution < -0.4 is 5.56 Å². The zero-order valence-corrected chi connectivity index (χ0v) is 10.6. The van der Waals surface area contributed by atoms with Crippen molar-refractivity contribution in [3.8, 4) is 0 Å². The maximum atomic E-state index is 11.6. The molecule has 4 nitrogen and oxygen atoms in total. The highest BCUT2D eigenvalue weighted by molar-refractivity contribution is 9.10. The fraction of sp³-hybridized carbons (Fsp3) is 0.273. The topological polar surface area (TPSA) is 48.0 Å². The van der Waals surface area contributed by atoms with Crippen molar-refractivity contribution in [2.45, 2.75) is 20.4 Å². The van der Waals surface area contributed by atoms with Gasteiger partial charge < -0.3 is 9.09 Å². The molecule has 0 aliphatic rings. The highest BCUT2D eigenvalue weighted by Gasteiger charge is 2.10. The molecule has 0 unspecified atom stereocenters. The molecule has 0 bridgehead atoms. The van der Waals surface area contributed by atoms with E-state index < -0.39 is 0 Å². The van der Waals surface area contributed by atoms with Crippen LogP contribution in [0.2, 0.25) is 0 Å². The van der Waals surface area contributed by atoms with Gasteiger partial charge in [-0.2, -0.15) is 0 Å². The van der Waals surface area contributed by atoms with E-state index >= 15 is 0 Å². The van der Waals surface area contributed by atoms with Gasteiger partial charge in [0.1, 0.15) is 5.76 Å². The minimum absolute atomic E-state index is 0.0387. The average molecular weight is 283 g/mol. The molecule has 0 aliphatic carbocycles. The second-order valence-corrected chi connectivity index (χ2v) is 4.53. The first kappa shape index (κ1) is 11.1. The Morgan fingerprint density at radius 2 is 2.19 bits per heavy atom. The van der Waals surface area contributed by atoms with Crippen molar-refractivity contribution in [2.24, 2.45) is 0 Å². The van der Waals surface area contributed by atoms with Crippen LogP contribution in [0.5, 0.6) is 0 Å². The number of pyridine rings is 1. The first-order chi connectivity index (χ1) is 7.58. The molecule has 2 rings (SSSR count). The van der Waals surface area contributed by atoms with E-state index in [1.807, 2.05) is 13.8 Å². The Morgan fingerprint density at radius 3 is 2.81 bits per heavy atom. The molecule has 16 heavy (non-hydrogen) atoms. The summed E-state index contributed by atoms with van der Waals surface area (Å²) in [5.74, 6) is 0.754. The van der Waals surface area contributed by atoms with Gasteiger partial charge in [0.05, 0.1) is 12.2 Å². The molecule has 0 saturated heterocycles. The van der Waals surface area contributed by atoms with Gasteiger partial charge in [-0.05, 0) is 35.8 Å². The van der Waals surface area contributed by atoms with Crippen molar-refractivity contribution >= 4 is 15.9 Å². The molecule has 5 heteroatoms. The summed E-state index contributed by atoms with van der Waals surface area (Å²) in [5.41, 5.74) is 1.74. The summed E-state index contributed by atoms with van der Waals surface area (Å²) in [6.45, 7) is 4.20. The monoisotopic (exact) mass is 282 g/mol. The van der Waals surface area contributed by atoms with E-state index in [1.165, 1.54) is 6.07 Å². The maximum absolute atomic E-state index is 11.6. The minimum atomic E-state index is -0.0387. The minimum Gasteiger partial charge on any atom is -0.361 e. The molecule has 0 atom stereocenters. The fourth-order valence-electron chi connectivity index (χ4n) is 1.52. The summed E-state index contributed by atoms with van der Waals surface area (Å²) in [7, 11) is 0. The van der Waals surface area contributed by atoms with Gasteiger partial charge in [0, 0.05) is 22.3 Å². The van der Waals surface area contributed by atoms with Gasteiger partial charge >= 0.3 is 0 Å². The lowest BCUT2D eigenvalue weighted by Gasteiger charge is -2.05. The number of halogens is 1. The van der Waals surface area contributed by atoms with Gasteiger partial charge in [-0.1, -0.05) is 5.16 Å². The van der Waals surface area contributed by atoms with Crippen molar-refractivity contribution in [1.29, 1.82) is 0 Å². The molecule has 0 fully saturated rings.